The lowest BCUT2D eigenvalue weighted by atomic mass is 10.0. The Morgan fingerprint density at radius 3 is 2.60 bits per heavy atom. The third kappa shape index (κ3) is 4.59. The number of carboxylic acids is 1. The lowest BCUT2D eigenvalue weighted by molar-refractivity contribution is -0.132. The summed E-state index contributed by atoms with van der Waals surface area (Å²) in [6.07, 6.45) is 1.39. The fourth-order valence-corrected chi connectivity index (χ4v) is 2.66. The van der Waals surface area contributed by atoms with Crippen LogP contribution in [0, 0.1) is 11.3 Å². The molecule has 0 bridgehead atoms. The van der Waals surface area contributed by atoms with Crippen LogP contribution in [0.1, 0.15) is 19.4 Å². The van der Waals surface area contributed by atoms with Gasteiger partial charge in [0.05, 0.1) is 0 Å². The number of nitrogens with zero attached hydrogens (tertiary/aromatic N) is 2. The van der Waals surface area contributed by atoms with Crippen molar-refractivity contribution in [3.63, 3.8) is 0 Å². The second-order valence-corrected chi connectivity index (χ2v) is 5.55. The predicted molar refractivity (Wildman–Crippen MR) is 98.5 cm³/mol. The summed E-state index contributed by atoms with van der Waals surface area (Å²) in [5.41, 5.74) is 0.307. The van der Waals surface area contributed by atoms with Gasteiger partial charge in [0, 0.05) is 12.1 Å². The average Bonchev–Trinajstić information content (AvgIpc) is 2.63. The first kappa shape index (κ1) is 18.5. The number of rotatable bonds is 8. The molecule has 2 rings (SSSR count). The molecular formula is C20H22N2O3. The Balaban J connectivity index is 2.41. The van der Waals surface area contributed by atoms with E-state index in [1.54, 1.807) is 6.07 Å². The van der Waals surface area contributed by atoms with Gasteiger partial charge in [-0.2, -0.15) is 5.26 Å². The third-order valence-electron chi connectivity index (χ3n) is 4.13. The van der Waals surface area contributed by atoms with Crippen molar-refractivity contribution >= 4 is 22.8 Å². The molecule has 5 heteroatoms. The fourth-order valence-electron chi connectivity index (χ4n) is 2.66. The SMILES string of the molecule is CCN(CC)CCOc1ccc2ccccc2c1C=C(C#N)C(=O)O. The molecular weight excluding hydrogens is 316 g/mol. The first-order valence-corrected chi connectivity index (χ1v) is 8.32. The van der Waals surface area contributed by atoms with Crippen LogP contribution >= 0.6 is 0 Å². The van der Waals surface area contributed by atoms with Gasteiger partial charge in [-0.25, -0.2) is 4.79 Å². The first-order chi connectivity index (χ1) is 12.1. The second kappa shape index (κ2) is 8.86. The summed E-state index contributed by atoms with van der Waals surface area (Å²) in [5, 5.41) is 20.1. The molecule has 0 heterocycles. The highest BCUT2D eigenvalue weighted by Gasteiger charge is 2.12. The van der Waals surface area contributed by atoms with E-state index in [-0.39, 0.29) is 5.57 Å². The molecule has 2 aromatic carbocycles. The molecule has 0 amide bonds. The van der Waals surface area contributed by atoms with Crippen LogP contribution in [0.25, 0.3) is 16.8 Å². The van der Waals surface area contributed by atoms with Crippen molar-refractivity contribution in [1.29, 1.82) is 5.26 Å². The zero-order valence-corrected chi connectivity index (χ0v) is 14.5. The second-order valence-electron chi connectivity index (χ2n) is 5.55. The molecule has 0 aromatic heterocycles. The lowest BCUT2D eigenvalue weighted by Gasteiger charge is -2.19. The van der Waals surface area contributed by atoms with Gasteiger partial charge in [-0.1, -0.05) is 44.2 Å². The molecule has 0 unspecified atom stereocenters. The molecule has 0 radical (unpaired) electrons. The minimum Gasteiger partial charge on any atom is -0.492 e. The Morgan fingerprint density at radius 2 is 1.96 bits per heavy atom. The molecule has 5 nitrogen and oxygen atoms in total. The summed E-state index contributed by atoms with van der Waals surface area (Å²) in [5.74, 6) is -0.663. The van der Waals surface area contributed by atoms with E-state index in [0.29, 0.717) is 17.9 Å². The van der Waals surface area contributed by atoms with Gasteiger partial charge < -0.3 is 14.7 Å². The van der Waals surface area contributed by atoms with Crippen LogP contribution in [0.2, 0.25) is 0 Å². The predicted octanol–water partition coefficient (Wildman–Crippen LogP) is 3.55. The van der Waals surface area contributed by atoms with Crippen LogP contribution in [0.5, 0.6) is 5.75 Å². The Bertz CT molecular complexity index is 817. The molecule has 25 heavy (non-hydrogen) atoms. The minimum absolute atomic E-state index is 0.315. The molecule has 0 fully saturated rings. The summed E-state index contributed by atoms with van der Waals surface area (Å²) in [6, 6.07) is 13.1. The van der Waals surface area contributed by atoms with Crippen molar-refractivity contribution in [3.8, 4) is 11.8 Å². The van der Waals surface area contributed by atoms with Gasteiger partial charge in [0.2, 0.25) is 0 Å². The average molecular weight is 338 g/mol. The maximum absolute atomic E-state index is 11.2. The number of benzene rings is 2. The number of hydrogen-bond donors (Lipinski definition) is 1. The van der Waals surface area contributed by atoms with E-state index in [0.717, 1.165) is 30.4 Å². The van der Waals surface area contributed by atoms with E-state index >= 15 is 0 Å². The first-order valence-electron chi connectivity index (χ1n) is 8.32. The van der Waals surface area contributed by atoms with Gasteiger partial charge >= 0.3 is 5.97 Å². The maximum atomic E-state index is 11.2. The van der Waals surface area contributed by atoms with E-state index in [9.17, 15) is 9.90 Å². The molecule has 1 N–H and O–H groups in total. The molecule has 0 saturated carbocycles. The van der Waals surface area contributed by atoms with E-state index in [2.05, 4.69) is 18.7 Å². The van der Waals surface area contributed by atoms with Gasteiger partial charge in [0.1, 0.15) is 24.0 Å². The van der Waals surface area contributed by atoms with Crippen LogP contribution in [0.4, 0.5) is 0 Å². The van der Waals surface area contributed by atoms with Gasteiger partial charge in [-0.3, -0.25) is 0 Å². The van der Waals surface area contributed by atoms with Crippen molar-refractivity contribution in [3.05, 3.63) is 47.5 Å². The Kier molecular flexibility index (Phi) is 6.55. The Labute approximate surface area is 147 Å². The topological polar surface area (TPSA) is 73.6 Å². The largest absolute Gasteiger partial charge is 0.492 e. The lowest BCUT2D eigenvalue weighted by Crippen LogP contribution is -2.28. The maximum Gasteiger partial charge on any atom is 0.346 e. The number of likely N-dealkylation sites (N-methyl/N-ethyl adjacent to an activating group) is 1. The summed E-state index contributed by atoms with van der Waals surface area (Å²) < 4.78 is 5.92. The van der Waals surface area contributed by atoms with Gasteiger partial charge in [-0.15, -0.1) is 0 Å². The minimum atomic E-state index is -1.25. The molecule has 0 aliphatic heterocycles. The number of ether oxygens (including phenoxy) is 1. The number of fused-ring (bicyclic) bond motifs is 1. The molecule has 130 valence electrons. The van der Waals surface area contributed by atoms with Crippen molar-refractivity contribution in [2.45, 2.75) is 13.8 Å². The highest BCUT2D eigenvalue weighted by atomic mass is 16.5. The summed E-state index contributed by atoms with van der Waals surface area (Å²) >= 11 is 0. The monoisotopic (exact) mass is 338 g/mol. The van der Waals surface area contributed by atoms with Gasteiger partial charge in [0.25, 0.3) is 0 Å². The van der Waals surface area contributed by atoms with Crippen LogP contribution in [0.15, 0.2) is 42.0 Å². The Hall–Kier alpha value is -2.84. The standard InChI is InChI=1S/C20H22N2O3/c1-3-22(4-2)11-12-25-19-10-9-15-7-5-6-8-17(15)18(19)13-16(14-21)20(23)24/h5-10,13H,3-4,11-12H2,1-2H3,(H,23,24). The Morgan fingerprint density at radius 1 is 1.24 bits per heavy atom. The number of hydrogen-bond acceptors (Lipinski definition) is 4. The molecule has 0 atom stereocenters. The molecule has 0 saturated heterocycles. The summed E-state index contributed by atoms with van der Waals surface area (Å²) in [4.78, 5) is 13.5. The molecule has 0 aliphatic rings. The zero-order valence-electron chi connectivity index (χ0n) is 14.5. The normalized spacial score (nSPS) is 11.5. The van der Waals surface area contributed by atoms with Gasteiger partial charge in [-0.05, 0) is 36.0 Å². The fraction of sp³-hybridized carbons (Fsp3) is 0.300. The highest BCUT2D eigenvalue weighted by Crippen LogP contribution is 2.30. The zero-order chi connectivity index (χ0) is 18.2. The van der Waals surface area contributed by atoms with Crippen molar-refractivity contribution in [1.82, 2.24) is 4.90 Å². The van der Waals surface area contributed by atoms with E-state index in [4.69, 9.17) is 10.00 Å². The number of carboxylic acid groups (broad SMARTS) is 1. The van der Waals surface area contributed by atoms with E-state index in [1.807, 2.05) is 36.4 Å². The van der Waals surface area contributed by atoms with E-state index < -0.39 is 5.97 Å². The molecule has 2 aromatic rings. The summed E-state index contributed by atoms with van der Waals surface area (Å²) in [7, 11) is 0. The quantitative estimate of drug-likeness (QED) is 0.588. The van der Waals surface area contributed by atoms with Crippen LogP contribution in [0.3, 0.4) is 0 Å². The number of carbonyl (C=O) groups is 1. The van der Waals surface area contributed by atoms with Gasteiger partial charge in [0.15, 0.2) is 0 Å². The molecule has 0 aliphatic carbocycles. The number of nitriles is 1. The van der Waals surface area contributed by atoms with Crippen LogP contribution in [-0.2, 0) is 4.79 Å². The van der Waals surface area contributed by atoms with Crippen molar-refractivity contribution < 1.29 is 14.6 Å². The highest BCUT2D eigenvalue weighted by molar-refractivity contribution is 6.01. The third-order valence-corrected chi connectivity index (χ3v) is 4.13. The smallest absolute Gasteiger partial charge is 0.346 e. The van der Waals surface area contributed by atoms with Crippen LogP contribution < -0.4 is 4.74 Å². The van der Waals surface area contributed by atoms with Crippen LogP contribution in [-0.4, -0.2) is 42.2 Å². The van der Waals surface area contributed by atoms with E-state index in [1.165, 1.54) is 6.08 Å². The van der Waals surface area contributed by atoms with Crippen molar-refractivity contribution in [2.75, 3.05) is 26.2 Å². The van der Waals surface area contributed by atoms with Crippen molar-refractivity contribution in [2.24, 2.45) is 0 Å². The number of aliphatic carboxylic acids is 1. The summed E-state index contributed by atoms with van der Waals surface area (Å²) in [6.45, 7) is 7.37. The molecule has 0 spiro atoms.